The van der Waals surface area contributed by atoms with Crippen LogP contribution < -0.4 is 5.32 Å². The van der Waals surface area contributed by atoms with Gasteiger partial charge in [-0.05, 0) is 42.0 Å². The molecule has 4 heteroatoms. The number of hydrogen-bond donors (Lipinski definition) is 1. The highest BCUT2D eigenvalue weighted by atomic mass is 35.5. The number of hydrogen-bond acceptors (Lipinski definition) is 2. The van der Waals surface area contributed by atoms with Gasteiger partial charge in [0.15, 0.2) is 0 Å². The quantitative estimate of drug-likeness (QED) is 0.882. The minimum Gasteiger partial charge on any atom is -0.342 e. The van der Waals surface area contributed by atoms with Gasteiger partial charge < -0.3 is 5.32 Å². The van der Waals surface area contributed by atoms with Crippen molar-refractivity contribution in [1.82, 2.24) is 5.32 Å². The average Bonchev–Trinajstić information content (AvgIpc) is 3.10. The molecule has 0 radical (unpaired) electrons. The largest absolute Gasteiger partial charge is 0.342 e. The van der Waals surface area contributed by atoms with E-state index in [0.717, 1.165) is 41.1 Å². The Kier molecular flexibility index (Phi) is 3.81. The number of halogens is 1. The maximum Gasteiger partial charge on any atom is 0.262 e. The predicted octanol–water partition coefficient (Wildman–Crippen LogP) is 4.60. The van der Waals surface area contributed by atoms with Crippen molar-refractivity contribution in [3.63, 3.8) is 0 Å². The lowest BCUT2D eigenvalue weighted by Crippen LogP contribution is -2.43. The molecule has 1 amide bonds. The normalized spacial score (nSPS) is 17.1. The van der Waals surface area contributed by atoms with Crippen LogP contribution in [0.4, 0.5) is 0 Å². The molecule has 1 aromatic carbocycles. The molecular weight excluding hydrogens is 290 g/mol. The zero-order chi connectivity index (χ0) is 14.0. The van der Waals surface area contributed by atoms with E-state index in [4.69, 9.17) is 11.6 Å². The van der Waals surface area contributed by atoms with Crippen LogP contribution in [0.5, 0.6) is 0 Å². The number of thiophene rings is 1. The Bertz CT molecular complexity index is 603. The Labute approximate surface area is 127 Å². The van der Waals surface area contributed by atoms with Gasteiger partial charge >= 0.3 is 0 Å². The van der Waals surface area contributed by atoms with Gasteiger partial charge in [-0.25, -0.2) is 0 Å². The van der Waals surface area contributed by atoms with Gasteiger partial charge in [0.1, 0.15) is 0 Å². The highest BCUT2D eigenvalue weighted by Gasteiger charge is 2.37. The Morgan fingerprint density at radius 3 is 2.65 bits per heavy atom. The summed E-state index contributed by atoms with van der Waals surface area (Å²) in [6, 6.07) is 11.6. The third-order valence-corrected chi connectivity index (χ3v) is 5.04. The molecule has 104 valence electrons. The average molecular weight is 306 g/mol. The predicted molar refractivity (Wildman–Crippen MR) is 83.4 cm³/mol. The molecule has 1 saturated carbocycles. The molecule has 1 aliphatic carbocycles. The van der Waals surface area contributed by atoms with E-state index >= 15 is 0 Å². The van der Waals surface area contributed by atoms with Crippen LogP contribution in [0.2, 0.25) is 5.02 Å². The number of benzene rings is 1. The second-order valence-corrected chi connectivity index (χ2v) is 6.62. The molecule has 1 N–H and O–H groups in total. The molecule has 0 bridgehead atoms. The third kappa shape index (κ3) is 2.60. The van der Waals surface area contributed by atoms with Crippen LogP contribution in [0.25, 0.3) is 0 Å². The molecule has 1 aromatic heterocycles. The molecule has 1 aliphatic rings. The first-order valence-electron chi connectivity index (χ1n) is 6.82. The molecule has 0 spiro atoms. The summed E-state index contributed by atoms with van der Waals surface area (Å²) in [5.41, 5.74) is 0.860. The lowest BCUT2D eigenvalue weighted by molar-refractivity contribution is 0.0902. The standard InChI is InChI=1S/C16H16ClNOS/c17-13-6-3-5-12(11-13)16(8-1-2-9-16)18-15(19)14-7-4-10-20-14/h3-7,10-11H,1-2,8-9H2,(H,18,19). The van der Waals surface area contributed by atoms with E-state index < -0.39 is 0 Å². The summed E-state index contributed by atoms with van der Waals surface area (Å²) in [4.78, 5) is 13.2. The fourth-order valence-corrected chi connectivity index (χ4v) is 3.75. The highest BCUT2D eigenvalue weighted by Crippen LogP contribution is 2.39. The summed E-state index contributed by atoms with van der Waals surface area (Å²) >= 11 is 7.58. The third-order valence-electron chi connectivity index (χ3n) is 3.93. The van der Waals surface area contributed by atoms with E-state index in [1.54, 1.807) is 0 Å². The Morgan fingerprint density at radius 2 is 2.00 bits per heavy atom. The van der Waals surface area contributed by atoms with Crippen LogP contribution in [0.3, 0.4) is 0 Å². The van der Waals surface area contributed by atoms with Crippen LogP contribution in [-0.2, 0) is 5.54 Å². The second kappa shape index (κ2) is 5.58. The maximum atomic E-state index is 12.4. The van der Waals surface area contributed by atoms with Gasteiger partial charge in [-0.1, -0.05) is 42.6 Å². The van der Waals surface area contributed by atoms with Gasteiger partial charge in [-0.2, -0.15) is 0 Å². The van der Waals surface area contributed by atoms with Crippen molar-refractivity contribution in [3.05, 3.63) is 57.2 Å². The molecule has 1 heterocycles. The summed E-state index contributed by atoms with van der Waals surface area (Å²) < 4.78 is 0. The molecule has 3 rings (SSSR count). The summed E-state index contributed by atoms with van der Waals surface area (Å²) in [6.07, 6.45) is 4.23. The number of rotatable bonds is 3. The second-order valence-electron chi connectivity index (χ2n) is 5.23. The van der Waals surface area contributed by atoms with Crippen molar-refractivity contribution in [3.8, 4) is 0 Å². The number of amides is 1. The fraction of sp³-hybridized carbons (Fsp3) is 0.312. The maximum absolute atomic E-state index is 12.4. The van der Waals surface area contributed by atoms with Crippen LogP contribution in [0.1, 0.15) is 40.9 Å². The molecule has 2 aromatic rings. The molecule has 1 fully saturated rings. The van der Waals surface area contributed by atoms with E-state index in [9.17, 15) is 4.79 Å². The Balaban J connectivity index is 1.90. The van der Waals surface area contributed by atoms with Gasteiger partial charge in [0.05, 0.1) is 10.4 Å². The smallest absolute Gasteiger partial charge is 0.262 e. The van der Waals surface area contributed by atoms with Crippen molar-refractivity contribution in [2.45, 2.75) is 31.2 Å². The first-order valence-corrected chi connectivity index (χ1v) is 8.07. The van der Waals surface area contributed by atoms with E-state index in [1.165, 1.54) is 11.3 Å². The van der Waals surface area contributed by atoms with Gasteiger partial charge in [0.25, 0.3) is 5.91 Å². The lowest BCUT2D eigenvalue weighted by atomic mass is 9.88. The van der Waals surface area contributed by atoms with Crippen molar-refractivity contribution < 1.29 is 4.79 Å². The van der Waals surface area contributed by atoms with Crippen LogP contribution >= 0.6 is 22.9 Å². The number of carbonyl (C=O) groups excluding carboxylic acids is 1. The molecule has 20 heavy (non-hydrogen) atoms. The van der Waals surface area contributed by atoms with Crippen molar-refractivity contribution in [2.24, 2.45) is 0 Å². The lowest BCUT2D eigenvalue weighted by Gasteiger charge is -2.31. The summed E-state index contributed by atoms with van der Waals surface area (Å²) in [7, 11) is 0. The van der Waals surface area contributed by atoms with Crippen LogP contribution in [-0.4, -0.2) is 5.91 Å². The van der Waals surface area contributed by atoms with Crippen molar-refractivity contribution >= 4 is 28.8 Å². The van der Waals surface area contributed by atoms with Gasteiger partial charge in [-0.3, -0.25) is 4.79 Å². The molecule has 2 nitrogen and oxygen atoms in total. The van der Waals surface area contributed by atoms with E-state index in [-0.39, 0.29) is 11.4 Å². The van der Waals surface area contributed by atoms with E-state index in [2.05, 4.69) is 11.4 Å². The summed E-state index contributed by atoms with van der Waals surface area (Å²) in [6.45, 7) is 0. The minimum absolute atomic E-state index is 0.0156. The van der Waals surface area contributed by atoms with Gasteiger partial charge in [-0.15, -0.1) is 11.3 Å². The van der Waals surface area contributed by atoms with Crippen LogP contribution in [0, 0.1) is 0 Å². The number of carbonyl (C=O) groups is 1. The van der Waals surface area contributed by atoms with E-state index in [0.29, 0.717) is 0 Å². The molecule has 0 aliphatic heterocycles. The minimum atomic E-state index is -0.258. The zero-order valence-electron chi connectivity index (χ0n) is 11.1. The molecule has 0 atom stereocenters. The molecular formula is C16H16ClNOS. The Hall–Kier alpha value is -1.32. The number of nitrogens with one attached hydrogen (secondary N) is 1. The highest BCUT2D eigenvalue weighted by molar-refractivity contribution is 7.12. The van der Waals surface area contributed by atoms with Crippen LogP contribution in [0.15, 0.2) is 41.8 Å². The van der Waals surface area contributed by atoms with Crippen molar-refractivity contribution in [1.29, 1.82) is 0 Å². The van der Waals surface area contributed by atoms with Crippen molar-refractivity contribution in [2.75, 3.05) is 0 Å². The topological polar surface area (TPSA) is 29.1 Å². The Morgan fingerprint density at radius 1 is 1.20 bits per heavy atom. The SMILES string of the molecule is O=C(NC1(c2cccc(Cl)c2)CCCC1)c1cccs1. The fourth-order valence-electron chi connectivity index (χ4n) is 2.94. The summed E-state index contributed by atoms with van der Waals surface area (Å²) in [5.74, 6) is 0.0156. The first-order chi connectivity index (χ1) is 9.70. The van der Waals surface area contributed by atoms with E-state index in [1.807, 2.05) is 35.7 Å². The van der Waals surface area contributed by atoms with Gasteiger partial charge in [0.2, 0.25) is 0 Å². The van der Waals surface area contributed by atoms with Gasteiger partial charge in [0, 0.05) is 5.02 Å². The first kappa shape index (κ1) is 13.7. The monoisotopic (exact) mass is 305 g/mol. The zero-order valence-corrected chi connectivity index (χ0v) is 12.6. The molecule has 0 unspecified atom stereocenters. The summed E-state index contributed by atoms with van der Waals surface area (Å²) in [5, 5.41) is 5.90. The molecule has 0 saturated heterocycles.